The van der Waals surface area contributed by atoms with Crippen molar-refractivity contribution >= 4 is 29.2 Å². The number of benzene rings is 1. The number of carbonyl (C=O) groups is 1. The number of hydrogen-bond donors (Lipinski definition) is 1. The molecule has 1 aliphatic heterocycles. The number of nitrogens with zero attached hydrogens (tertiary/aromatic N) is 5. The predicted molar refractivity (Wildman–Crippen MR) is 137 cm³/mol. The van der Waals surface area contributed by atoms with Crippen molar-refractivity contribution in [1.29, 1.82) is 5.26 Å². The van der Waals surface area contributed by atoms with Crippen molar-refractivity contribution in [2.75, 3.05) is 25.0 Å². The van der Waals surface area contributed by atoms with Crippen LogP contribution in [-0.4, -0.2) is 48.0 Å². The van der Waals surface area contributed by atoms with Gasteiger partial charge in [0.1, 0.15) is 22.2 Å². The van der Waals surface area contributed by atoms with Crippen LogP contribution in [0.1, 0.15) is 55.6 Å². The molecule has 3 atom stereocenters. The highest BCUT2D eigenvalue weighted by Crippen LogP contribution is 2.42. The third kappa shape index (κ3) is 5.35. The monoisotopic (exact) mass is 476 g/mol. The molecule has 2 N–H and O–H groups in total. The smallest absolute Gasteiger partial charge is 0.235 e. The summed E-state index contributed by atoms with van der Waals surface area (Å²) in [4.78, 5) is 25.4. The van der Waals surface area contributed by atoms with E-state index in [1.807, 2.05) is 49.2 Å². The van der Waals surface area contributed by atoms with Gasteiger partial charge in [0.2, 0.25) is 11.6 Å². The minimum Gasteiger partial charge on any atom is -0.368 e. The van der Waals surface area contributed by atoms with Crippen molar-refractivity contribution in [3.63, 3.8) is 0 Å². The molecule has 0 aliphatic carbocycles. The van der Waals surface area contributed by atoms with Crippen LogP contribution in [0.3, 0.4) is 0 Å². The van der Waals surface area contributed by atoms with Gasteiger partial charge < -0.3 is 10.6 Å². The summed E-state index contributed by atoms with van der Waals surface area (Å²) in [6.45, 7) is 15.9. The van der Waals surface area contributed by atoms with Crippen molar-refractivity contribution in [2.24, 2.45) is 5.73 Å². The van der Waals surface area contributed by atoms with Crippen LogP contribution in [0, 0.1) is 17.9 Å². The lowest BCUT2D eigenvalue weighted by molar-refractivity contribution is -0.117. The van der Waals surface area contributed by atoms with Gasteiger partial charge in [0.25, 0.3) is 0 Å². The molecule has 0 spiro atoms. The Morgan fingerprint density at radius 1 is 1.35 bits per heavy atom. The molecule has 0 radical (unpaired) electrons. The summed E-state index contributed by atoms with van der Waals surface area (Å²) in [5.41, 5.74) is 7.91. The van der Waals surface area contributed by atoms with Crippen molar-refractivity contribution in [1.82, 2.24) is 9.88 Å². The van der Waals surface area contributed by atoms with Gasteiger partial charge in [-0.2, -0.15) is 5.26 Å². The maximum Gasteiger partial charge on any atom is 0.235 e. The summed E-state index contributed by atoms with van der Waals surface area (Å²) >= 11 is 1.18. The summed E-state index contributed by atoms with van der Waals surface area (Å²) in [5, 5.41) is 9.71. The first-order chi connectivity index (χ1) is 16.3. The van der Waals surface area contributed by atoms with Crippen LogP contribution < -0.4 is 10.6 Å². The van der Waals surface area contributed by atoms with E-state index in [9.17, 15) is 10.1 Å². The Morgan fingerprint density at radius 3 is 2.53 bits per heavy atom. The highest BCUT2D eigenvalue weighted by atomic mass is 32.2. The summed E-state index contributed by atoms with van der Waals surface area (Å²) in [5.74, 6) is 0.0465. The van der Waals surface area contributed by atoms with Crippen molar-refractivity contribution in [2.45, 2.75) is 62.4 Å². The molecular weight excluding hydrogens is 444 g/mol. The zero-order valence-corrected chi connectivity index (χ0v) is 21.1. The molecule has 2 aromatic rings. The summed E-state index contributed by atoms with van der Waals surface area (Å²) in [6.07, 6.45) is 2.91. The maximum absolute atomic E-state index is 12.3. The lowest BCUT2D eigenvalue weighted by Crippen LogP contribution is -2.39. The van der Waals surface area contributed by atoms with E-state index in [1.165, 1.54) is 24.6 Å². The Labute approximate surface area is 206 Å². The van der Waals surface area contributed by atoms with E-state index in [2.05, 4.69) is 29.7 Å². The summed E-state index contributed by atoms with van der Waals surface area (Å²) in [7, 11) is 1.94. The van der Waals surface area contributed by atoms with Crippen LogP contribution in [0.4, 0.5) is 11.5 Å². The average Bonchev–Trinajstić information content (AvgIpc) is 3.16. The second kappa shape index (κ2) is 11.4. The number of hydrogen-bond acceptors (Lipinski definition) is 6. The molecule has 1 aliphatic rings. The van der Waals surface area contributed by atoms with Gasteiger partial charge in [-0.05, 0) is 44.2 Å². The van der Waals surface area contributed by atoms with Gasteiger partial charge >= 0.3 is 0 Å². The fourth-order valence-corrected chi connectivity index (χ4v) is 5.66. The average molecular weight is 477 g/mol. The van der Waals surface area contributed by atoms with E-state index >= 15 is 0 Å². The Hall–Kier alpha value is -3.07. The molecule has 1 amide bonds. The fraction of sp³-hybridized carbons (Fsp3) is 0.462. The van der Waals surface area contributed by atoms with Crippen LogP contribution in [-0.2, 0) is 11.2 Å². The van der Waals surface area contributed by atoms with E-state index in [0.29, 0.717) is 52.7 Å². The maximum atomic E-state index is 12.3. The van der Waals surface area contributed by atoms with Crippen LogP contribution in [0.25, 0.3) is 4.85 Å². The number of amides is 1. The SMILES string of the molecule is [C-]#[N+]c1c(N(C)CCN2[C@H](C)CC[C@H]2C)nc(SC(C(N)=O)c2ccccc2)c(C#N)c1CC. The molecule has 1 aromatic carbocycles. The number of likely N-dealkylation sites (N-methyl/N-ethyl adjacent to an activating group) is 1. The Morgan fingerprint density at radius 2 is 2.00 bits per heavy atom. The molecule has 1 unspecified atom stereocenters. The largest absolute Gasteiger partial charge is 0.368 e. The first-order valence-corrected chi connectivity index (χ1v) is 12.5. The Kier molecular flexibility index (Phi) is 8.55. The molecule has 178 valence electrons. The Balaban J connectivity index is 2.00. The molecule has 1 fully saturated rings. The molecule has 8 heteroatoms. The predicted octanol–water partition coefficient (Wildman–Crippen LogP) is 4.69. The zero-order chi connectivity index (χ0) is 24.8. The molecule has 34 heavy (non-hydrogen) atoms. The molecule has 7 nitrogen and oxygen atoms in total. The highest BCUT2D eigenvalue weighted by molar-refractivity contribution is 8.00. The molecule has 1 saturated heterocycles. The van der Waals surface area contributed by atoms with Gasteiger partial charge in [-0.1, -0.05) is 49.0 Å². The number of nitriles is 1. The quantitative estimate of drug-likeness (QED) is 0.417. The van der Waals surface area contributed by atoms with E-state index in [1.54, 1.807) is 0 Å². The standard InChI is InChI=1S/C26H32N6OS/c1-6-20-21(16-27)26(34-23(24(28)33)19-10-8-7-9-11-19)30-25(22(20)29-4)31(5)14-15-32-17(2)12-13-18(32)3/h7-11,17-18,23H,6,12-15H2,1-3,5H3,(H2,28,33)/t17-,18-,23?/m1/s1. The van der Waals surface area contributed by atoms with E-state index in [-0.39, 0.29) is 0 Å². The van der Waals surface area contributed by atoms with Crippen LogP contribution in [0.2, 0.25) is 0 Å². The molecular formula is C26H32N6OS. The van der Waals surface area contributed by atoms with Crippen molar-refractivity contribution in [3.05, 3.63) is 58.4 Å². The molecule has 1 aromatic heterocycles. The van der Waals surface area contributed by atoms with Gasteiger partial charge in [0, 0.05) is 32.2 Å². The van der Waals surface area contributed by atoms with Crippen LogP contribution in [0.15, 0.2) is 35.4 Å². The second-order valence-electron chi connectivity index (χ2n) is 8.77. The second-order valence-corrected chi connectivity index (χ2v) is 9.86. The van der Waals surface area contributed by atoms with Crippen LogP contribution >= 0.6 is 11.8 Å². The normalized spacial score (nSPS) is 18.8. The van der Waals surface area contributed by atoms with Gasteiger partial charge in [0.05, 0.1) is 12.1 Å². The Bertz CT molecular complexity index is 1100. The zero-order valence-electron chi connectivity index (χ0n) is 20.3. The van der Waals surface area contributed by atoms with E-state index < -0.39 is 11.2 Å². The van der Waals surface area contributed by atoms with Crippen LogP contribution in [0.5, 0.6) is 0 Å². The fourth-order valence-electron chi connectivity index (χ4n) is 4.61. The highest BCUT2D eigenvalue weighted by Gasteiger charge is 2.29. The third-order valence-electron chi connectivity index (χ3n) is 6.58. The number of primary amides is 1. The first-order valence-electron chi connectivity index (χ1n) is 11.6. The van der Waals surface area contributed by atoms with Crippen molar-refractivity contribution in [3.8, 4) is 6.07 Å². The van der Waals surface area contributed by atoms with Gasteiger partial charge in [-0.3, -0.25) is 9.69 Å². The number of rotatable bonds is 9. The number of pyridine rings is 1. The molecule has 0 bridgehead atoms. The minimum atomic E-state index is -0.686. The number of likely N-dealkylation sites (tertiary alicyclic amines) is 1. The molecule has 0 saturated carbocycles. The topological polar surface area (TPSA) is 90.6 Å². The van der Waals surface area contributed by atoms with Gasteiger partial charge in [-0.15, -0.1) is 0 Å². The summed E-state index contributed by atoms with van der Waals surface area (Å²) in [6, 6.07) is 12.6. The van der Waals surface area contributed by atoms with Crippen molar-refractivity contribution < 1.29 is 4.79 Å². The number of anilines is 1. The van der Waals surface area contributed by atoms with Gasteiger partial charge in [-0.25, -0.2) is 9.83 Å². The number of thioether (sulfide) groups is 1. The number of aromatic nitrogens is 1. The van der Waals surface area contributed by atoms with E-state index in [0.717, 1.165) is 12.1 Å². The first kappa shape index (κ1) is 25.6. The molecule has 2 heterocycles. The number of carbonyl (C=O) groups excluding carboxylic acids is 1. The number of nitrogens with two attached hydrogens (primary N) is 1. The van der Waals surface area contributed by atoms with E-state index in [4.69, 9.17) is 17.3 Å². The third-order valence-corrected chi connectivity index (χ3v) is 7.84. The molecule has 3 rings (SSSR count). The summed E-state index contributed by atoms with van der Waals surface area (Å²) < 4.78 is 0. The lowest BCUT2D eigenvalue weighted by Gasteiger charge is -2.30. The lowest BCUT2D eigenvalue weighted by atomic mass is 10.1. The minimum absolute atomic E-state index is 0.347. The van der Waals surface area contributed by atoms with Gasteiger partial charge in [0.15, 0.2) is 0 Å².